The van der Waals surface area contributed by atoms with Gasteiger partial charge in [-0.3, -0.25) is 4.99 Å². The van der Waals surface area contributed by atoms with Gasteiger partial charge in [-0.1, -0.05) is 19.1 Å². The number of aryl methyl sites for hydroxylation is 1. The van der Waals surface area contributed by atoms with Crippen molar-refractivity contribution in [3.63, 3.8) is 0 Å². The number of nitrogens with one attached hydrogen (secondary N) is 1. The van der Waals surface area contributed by atoms with E-state index in [0.29, 0.717) is 12.5 Å². The van der Waals surface area contributed by atoms with E-state index in [9.17, 15) is 0 Å². The fourth-order valence-corrected chi connectivity index (χ4v) is 1.76. The number of rotatable bonds is 8. The molecule has 0 atom stereocenters. The van der Waals surface area contributed by atoms with Gasteiger partial charge in [0.25, 0.3) is 0 Å². The summed E-state index contributed by atoms with van der Waals surface area (Å²) in [5, 5.41) is 3.12. The van der Waals surface area contributed by atoms with Crippen molar-refractivity contribution in [3.05, 3.63) is 29.8 Å². The highest BCUT2D eigenvalue weighted by molar-refractivity contribution is 14.0. The van der Waals surface area contributed by atoms with E-state index >= 15 is 0 Å². The van der Waals surface area contributed by atoms with Gasteiger partial charge in [0.05, 0.1) is 13.2 Å². The number of likely N-dealkylation sites (N-methyl/N-ethyl adjacent to an activating group) is 1. The third kappa shape index (κ3) is 8.90. The topological polar surface area (TPSA) is 62.9 Å². The zero-order valence-corrected chi connectivity index (χ0v) is 15.5. The number of guanidine groups is 1. The van der Waals surface area contributed by atoms with Crippen LogP contribution in [0.25, 0.3) is 0 Å². The van der Waals surface area contributed by atoms with Crippen LogP contribution in [-0.4, -0.2) is 51.3 Å². The van der Waals surface area contributed by atoms with Gasteiger partial charge < -0.3 is 20.7 Å². The van der Waals surface area contributed by atoms with E-state index < -0.39 is 0 Å². The Labute approximate surface area is 145 Å². The minimum atomic E-state index is 0. The highest BCUT2D eigenvalue weighted by Crippen LogP contribution is 2.10. The Morgan fingerprint density at radius 1 is 1.38 bits per heavy atom. The first kappa shape index (κ1) is 20.1. The van der Waals surface area contributed by atoms with E-state index in [1.54, 1.807) is 7.11 Å². The zero-order valence-electron chi connectivity index (χ0n) is 13.1. The lowest BCUT2D eigenvalue weighted by atomic mass is 10.1. The number of methoxy groups -OCH3 is 1. The molecule has 0 saturated carbocycles. The number of ether oxygens (including phenoxy) is 1. The van der Waals surface area contributed by atoms with Crippen LogP contribution in [0.1, 0.15) is 12.5 Å². The van der Waals surface area contributed by atoms with Crippen molar-refractivity contribution in [2.24, 2.45) is 10.7 Å². The highest BCUT2D eigenvalue weighted by Gasteiger charge is 1.98. The van der Waals surface area contributed by atoms with Crippen LogP contribution in [0, 0.1) is 0 Å². The summed E-state index contributed by atoms with van der Waals surface area (Å²) < 4.78 is 5.03. The molecule has 0 fully saturated rings. The summed E-state index contributed by atoms with van der Waals surface area (Å²) in [4.78, 5) is 6.49. The van der Waals surface area contributed by atoms with Crippen LogP contribution in [0.5, 0.6) is 0 Å². The molecular formula is C15H27IN4O. The minimum Gasteiger partial charge on any atom is -0.383 e. The fourth-order valence-electron chi connectivity index (χ4n) is 1.76. The zero-order chi connectivity index (χ0) is 14.8. The summed E-state index contributed by atoms with van der Waals surface area (Å²) in [6.45, 7) is 5.30. The Balaban J connectivity index is 0.00000400. The number of aliphatic imine (C=N–C) groups is 1. The van der Waals surface area contributed by atoms with Gasteiger partial charge in [-0.2, -0.15) is 0 Å². The SMILES string of the molecule is CCc1cccc(NC(N)=NCCN(C)CCOC)c1.I. The molecule has 1 aromatic carbocycles. The van der Waals surface area contributed by atoms with Crippen LogP contribution in [0.15, 0.2) is 29.3 Å². The Morgan fingerprint density at radius 2 is 2.14 bits per heavy atom. The first-order chi connectivity index (χ1) is 9.65. The summed E-state index contributed by atoms with van der Waals surface area (Å²) >= 11 is 0. The molecule has 0 radical (unpaired) electrons. The van der Waals surface area contributed by atoms with Crippen molar-refractivity contribution in [1.29, 1.82) is 0 Å². The van der Waals surface area contributed by atoms with Crippen molar-refractivity contribution < 1.29 is 4.74 Å². The van der Waals surface area contributed by atoms with Crippen molar-refractivity contribution in [2.75, 3.05) is 45.7 Å². The van der Waals surface area contributed by atoms with E-state index in [1.807, 2.05) is 19.2 Å². The van der Waals surface area contributed by atoms with E-state index in [1.165, 1.54) is 5.56 Å². The number of benzene rings is 1. The largest absolute Gasteiger partial charge is 0.383 e. The maximum absolute atomic E-state index is 5.88. The molecule has 0 heterocycles. The Bertz CT molecular complexity index is 426. The third-order valence-corrected chi connectivity index (χ3v) is 3.05. The molecule has 1 aromatic rings. The lowest BCUT2D eigenvalue weighted by Crippen LogP contribution is -2.28. The molecule has 3 N–H and O–H groups in total. The summed E-state index contributed by atoms with van der Waals surface area (Å²) in [7, 11) is 3.75. The number of anilines is 1. The average Bonchev–Trinajstić information content (AvgIpc) is 2.45. The average molecular weight is 406 g/mol. The third-order valence-electron chi connectivity index (χ3n) is 3.05. The molecule has 0 spiro atoms. The van der Waals surface area contributed by atoms with Gasteiger partial charge in [0, 0.05) is 25.9 Å². The quantitative estimate of drug-likeness (QED) is 0.395. The number of halogens is 1. The molecule has 0 aliphatic heterocycles. The molecule has 21 heavy (non-hydrogen) atoms. The Hall–Kier alpha value is -0.860. The van der Waals surface area contributed by atoms with Crippen LogP contribution in [0.4, 0.5) is 5.69 Å². The summed E-state index contributed by atoms with van der Waals surface area (Å²) in [5.41, 5.74) is 8.14. The van der Waals surface area contributed by atoms with E-state index in [2.05, 4.69) is 34.3 Å². The maximum atomic E-state index is 5.88. The molecule has 0 saturated heterocycles. The Morgan fingerprint density at radius 3 is 2.81 bits per heavy atom. The lowest BCUT2D eigenvalue weighted by Gasteiger charge is -2.14. The summed E-state index contributed by atoms with van der Waals surface area (Å²) in [6, 6.07) is 8.20. The molecular weight excluding hydrogens is 379 g/mol. The van der Waals surface area contributed by atoms with Gasteiger partial charge in [-0.05, 0) is 31.2 Å². The number of nitrogens with two attached hydrogens (primary N) is 1. The molecule has 0 aliphatic rings. The second-order valence-corrected chi connectivity index (χ2v) is 4.74. The van der Waals surface area contributed by atoms with Crippen LogP contribution >= 0.6 is 24.0 Å². The fraction of sp³-hybridized carbons (Fsp3) is 0.533. The monoisotopic (exact) mass is 406 g/mol. The van der Waals surface area contributed by atoms with Crippen molar-refractivity contribution >= 4 is 35.6 Å². The number of hydrogen-bond donors (Lipinski definition) is 2. The van der Waals surface area contributed by atoms with Crippen LogP contribution in [0.3, 0.4) is 0 Å². The van der Waals surface area contributed by atoms with E-state index in [-0.39, 0.29) is 24.0 Å². The van der Waals surface area contributed by atoms with Crippen molar-refractivity contribution in [1.82, 2.24) is 4.90 Å². The Kier molecular flexibility index (Phi) is 11.3. The van der Waals surface area contributed by atoms with E-state index in [4.69, 9.17) is 10.5 Å². The van der Waals surface area contributed by atoms with Gasteiger partial charge >= 0.3 is 0 Å². The standard InChI is InChI=1S/C15H26N4O.HI/c1-4-13-6-5-7-14(12-13)18-15(16)17-8-9-19(2)10-11-20-3;/h5-7,12H,4,8-11H2,1-3H3,(H3,16,17,18);1H. The predicted octanol–water partition coefficient (Wildman–Crippen LogP) is 2.17. The molecule has 0 unspecified atom stereocenters. The first-order valence-corrected chi connectivity index (χ1v) is 6.99. The molecule has 120 valence electrons. The molecule has 6 heteroatoms. The molecule has 0 aromatic heterocycles. The molecule has 1 rings (SSSR count). The number of hydrogen-bond acceptors (Lipinski definition) is 3. The smallest absolute Gasteiger partial charge is 0.193 e. The molecule has 0 amide bonds. The predicted molar refractivity (Wildman–Crippen MR) is 101 cm³/mol. The van der Waals surface area contributed by atoms with E-state index in [0.717, 1.165) is 31.8 Å². The van der Waals surface area contributed by atoms with Crippen LogP contribution in [-0.2, 0) is 11.2 Å². The van der Waals surface area contributed by atoms with Crippen molar-refractivity contribution in [3.8, 4) is 0 Å². The van der Waals surface area contributed by atoms with Crippen LogP contribution < -0.4 is 11.1 Å². The van der Waals surface area contributed by atoms with Crippen LogP contribution in [0.2, 0.25) is 0 Å². The normalized spacial score (nSPS) is 11.3. The maximum Gasteiger partial charge on any atom is 0.193 e. The lowest BCUT2D eigenvalue weighted by molar-refractivity contribution is 0.163. The van der Waals surface area contributed by atoms with Gasteiger partial charge in [0.15, 0.2) is 5.96 Å². The molecule has 0 bridgehead atoms. The van der Waals surface area contributed by atoms with Gasteiger partial charge in [-0.25, -0.2) is 0 Å². The van der Waals surface area contributed by atoms with Gasteiger partial charge in [-0.15, -0.1) is 24.0 Å². The second-order valence-electron chi connectivity index (χ2n) is 4.74. The van der Waals surface area contributed by atoms with Gasteiger partial charge in [0.2, 0.25) is 0 Å². The van der Waals surface area contributed by atoms with Crippen molar-refractivity contribution in [2.45, 2.75) is 13.3 Å². The second kappa shape index (κ2) is 11.8. The minimum absolute atomic E-state index is 0. The first-order valence-electron chi connectivity index (χ1n) is 6.99. The highest BCUT2D eigenvalue weighted by atomic mass is 127. The number of nitrogens with zero attached hydrogens (tertiary/aromatic N) is 2. The molecule has 0 aliphatic carbocycles. The van der Waals surface area contributed by atoms with Gasteiger partial charge in [0.1, 0.15) is 0 Å². The summed E-state index contributed by atoms with van der Waals surface area (Å²) in [5.74, 6) is 0.457. The summed E-state index contributed by atoms with van der Waals surface area (Å²) in [6.07, 6.45) is 1.01. The molecule has 5 nitrogen and oxygen atoms in total.